The molecular weight excluding hydrogens is 244 g/mol. The minimum Gasteiger partial charge on any atom is -0.474 e. The summed E-state index contributed by atoms with van der Waals surface area (Å²) in [4.78, 5) is 23.3. The van der Waals surface area contributed by atoms with Gasteiger partial charge in [-0.05, 0) is 30.5 Å². The quantitative estimate of drug-likeness (QED) is 0.777. The van der Waals surface area contributed by atoms with Crippen LogP contribution in [0.15, 0.2) is 18.2 Å². The summed E-state index contributed by atoms with van der Waals surface area (Å²) in [5, 5.41) is 8.68. The van der Waals surface area contributed by atoms with Gasteiger partial charge in [0.1, 0.15) is 0 Å². The first-order valence-corrected chi connectivity index (χ1v) is 5.49. The first-order valence-electron chi connectivity index (χ1n) is 5.49. The molecule has 1 unspecified atom stereocenters. The fraction of sp³-hybridized carbons (Fsp3) is 0.333. The van der Waals surface area contributed by atoms with Crippen LogP contribution in [0.1, 0.15) is 24.4 Å². The zero-order valence-corrected chi connectivity index (χ0v) is 9.40. The van der Waals surface area contributed by atoms with Gasteiger partial charge < -0.3 is 10.0 Å². The summed E-state index contributed by atoms with van der Waals surface area (Å²) < 4.78 is 25.9. The van der Waals surface area contributed by atoms with Gasteiger partial charge in [0.05, 0.1) is 6.04 Å². The van der Waals surface area contributed by atoms with Gasteiger partial charge >= 0.3 is 11.9 Å². The van der Waals surface area contributed by atoms with Gasteiger partial charge in [-0.2, -0.15) is 0 Å². The third kappa shape index (κ3) is 2.18. The highest BCUT2D eigenvalue weighted by Gasteiger charge is 2.33. The van der Waals surface area contributed by atoms with Crippen LogP contribution < -0.4 is 0 Å². The van der Waals surface area contributed by atoms with E-state index in [1.165, 1.54) is 11.0 Å². The van der Waals surface area contributed by atoms with Crippen LogP contribution in [0.2, 0.25) is 0 Å². The number of rotatable bonds is 1. The summed E-state index contributed by atoms with van der Waals surface area (Å²) in [5.41, 5.74) is 0.418. The normalized spacial score (nSPS) is 19.0. The van der Waals surface area contributed by atoms with Gasteiger partial charge in [-0.25, -0.2) is 13.6 Å². The predicted molar refractivity (Wildman–Crippen MR) is 57.7 cm³/mol. The lowest BCUT2D eigenvalue weighted by atomic mass is 10.0. The van der Waals surface area contributed by atoms with E-state index in [0.29, 0.717) is 24.9 Å². The van der Waals surface area contributed by atoms with Crippen molar-refractivity contribution in [1.82, 2.24) is 4.90 Å². The van der Waals surface area contributed by atoms with Crippen molar-refractivity contribution in [3.05, 3.63) is 35.4 Å². The zero-order chi connectivity index (χ0) is 13.3. The molecule has 0 bridgehead atoms. The Morgan fingerprint density at radius 3 is 2.61 bits per heavy atom. The van der Waals surface area contributed by atoms with E-state index in [9.17, 15) is 18.4 Å². The molecule has 0 spiro atoms. The number of hydrogen-bond donors (Lipinski definition) is 1. The lowest BCUT2D eigenvalue weighted by Crippen LogP contribution is -2.35. The highest BCUT2D eigenvalue weighted by Crippen LogP contribution is 2.32. The summed E-state index contributed by atoms with van der Waals surface area (Å²) >= 11 is 0. The molecule has 0 radical (unpaired) electrons. The van der Waals surface area contributed by atoms with Crippen LogP contribution >= 0.6 is 0 Å². The lowest BCUT2D eigenvalue weighted by Gasteiger charge is -2.23. The Balaban J connectivity index is 2.28. The minimum atomic E-state index is -1.54. The summed E-state index contributed by atoms with van der Waals surface area (Å²) in [5.74, 6) is -4.51. The standard InChI is InChI=1S/C12H11F2NO3/c13-8-4-3-7(6-9(8)14)10-2-1-5-15(10)11(16)12(17)18/h3-4,6,10H,1-2,5H2,(H,17,18). The molecule has 1 saturated heterocycles. The van der Waals surface area contributed by atoms with E-state index in [4.69, 9.17) is 5.11 Å². The van der Waals surface area contributed by atoms with Crippen LogP contribution in [-0.2, 0) is 9.59 Å². The first kappa shape index (κ1) is 12.5. The summed E-state index contributed by atoms with van der Waals surface area (Å²) in [7, 11) is 0. The van der Waals surface area contributed by atoms with Crippen LogP contribution in [-0.4, -0.2) is 28.4 Å². The van der Waals surface area contributed by atoms with E-state index < -0.39 is 29.6 Å². The molecule has 1 heterocycles. The Labute approximate surface area is 102 Å². The van der Waals surface area contributed by atoms with Gasteiger partial charge in [0.15, 0.2) is 11.6 Å². The number of nitrogens with zero attached hydrogens (tertiary/aromatic N) is 1. The van der Waals surface area contributed by atoms with Gasteiger partial charge in [-0.1, -0.05) is 6.07 Å². The van der Waals surface area contributed by atoms with Crippen molar-refractivity contribution < 1.29 is 23.5 Å². The molecule has 1 N–H and O–H groups in total. The Bertz CT molecular complexity index is 504. The third-order valence-electron chi connectivity index (χ3n) is 3.03. The molecule has 18 heavy (non-hydrogen) atoms. The summed E-state index contributed by atoms with van der Waals surface area (Å²) in [6.45, 7) is 0.314. The maximum Gasteiger partial charge on any atom is 0.394 e. The van der Waals surface area contributed by atoms with Gasteiger partial charge in [0.2, 0.25) is 0 Å². The molecule has 4 nitrogen and oxygen atoms in total. The number of carbonyl (C=O) groups excluding carboxylic acids is 1. The first-order chi connectivity index (χ1) is 8.50. The molecule has 2 rings (SSSR count). The van der Waals surface area contributed by atoms with E-state index in [0.717, 1.165) is 12.1 Å². The van der Waals surface area contributed by atoms with Crippen LogP contribution in [0.5, 0.6) is 0 Å². The number of carboxylic acids is 1. The van der Waals surface area contributed by atoms with Gasteiger partial charge in [0.25, 0.3) is 0 Å². The SMILES string of the molecule is O=C(O)C(=O)N1CCCC1c1ccc(F)c(F)c1. The van der Waals surface area contributed by atoms with Crippen LogP contribution in [0.3, 0.4) is 0 Å². The highest BCUT2D eigenvalue weighted by molar-refractivity contribution is 6.31. The lowest BCUT2D eigenvalue weighted by molar-refractivity contribution is -0.156. The number of carboxylic acid groups (broad SMARTS) is 1. The number of halogens is 2. The molecule has 1 amide bonds. The Morgan fingerprint density at radius 1 is 1.28 bits per heavy atom. The average Bonchev–Trinajstić information content (AvgIpc) is 2.80. The second-order valence-corrected chi connectivity index (χ2v) is 4.14. The van der Waals surface area contributed by atoms with E-state index in [1.807, 2.05) is 0 Å². The van der Waals surface area contributed by atoms with E-state index in [2.05, 4.69) is 0 Å². The second kappa shape index (κ2) is 4.72. The Kier molecular flexibility index (Phi) is 3.27. The molecule has 1 aromatic carbocycles. The summed E-state index contributed by atoms with van der Waals surface area (Å²) in [6.07, 6.45) is 1.19. The Hall–Kier alpha value is -1.98. The minimum absolute atomic E-state index is 0.314. The maximum atomic E-state index is 13.1. The van der Waals surface area contributed by atoms with Crippen LogP contribution in [0.25, 0.3) is 0 Å². The van der Waals surface area contributed by atoms with Crippen molar-refractivity contribution in [1.29, 1.82) is 0 Å². The molecule has 6 heteroatoms. The number of amides is 1. The van der Waals surface area contributed by atoms with E-state index in [1.54, 1.807) is 0 Å². The van der Waals surface area contributed by atoms with Crippen molar-refractivity contribution >= 4 is 11.9 Å². The summed E-state index contributed by atoms with van der Waals surface area (Å²) in [6, 6.07) is 2.86. The monoisotopic (exact) mass is 255 g/mol. The van der Waals surface area contributed by atoms with Crippen molar-refractivity contribution in [2.75, 3.05) is 6.54 Å². The van der Waals surface area contributed by atoms with E-state index in [-0.39, 0.29) is 0 Å². The van der Waals surface area contributed by atoms with Crippen molar-refractivity contribution in [2.45, 2.75) is 18.9 Å². The Morgan fingerprint density at radius 2 is 2.00 bits per heavy atom. The number of aliphatic carboxylic acids is 1. The van der Waals surface area contributed by atoms with Crippen LogP contribution in [0, 0.1) is 11.6 Å². The largest absolute Gasteiger partial charge is 0.474 e. The number of carbonyl (C=O) groups is 2. The molecule has 1 aliphatic rings. The number of likely N-dealkylation sites (tertiary alicyclic amines) is 1. The molecule has 96 valence electrons. The number of benzene rings is 1. The fourth-order valence-electron chi connectivity index (χ4n) is 2.20. The highest BCUT2D eigenvalue weighted by atomic mass is 19.2. The molecule has 1 fully saturated rings. The molecular formula is C12H11F2NO3. The third-order valence-corrected chi connectivity index (χ3v) is 3.03. The van der Waals surface area contributed by atoms with Crippen molar-refractivity contribution in [3.8, 4) is 0 Å². The molecule has 1 aliphatic heterocycles. The van der Waals surface area contributed by atoms with Crippen molar-refractivity contribution in [3.63, 3.8) is 0 Å². The predicted octanol–water partition coefficient (Wildman–Crippen LogP) is 1.71. The molecule has 0 aromatic heterocycles. The van der Waals surface area contributed by atoms with E-state index >= 15 is 0 Å². The van der Waals surface area contributed by atoms with Crippen molar-refractivity contribution in [2.24, 2.45) is 0 Å². The van der Waals surface area contributed by atoms with Gasteiger partial charge in [-0.3, -0.25) is 4.79 Å². The smallest absolute Gasteiger partial charge is 0.394 e. The number of hydrogen-bond acceptors (Lipinski definition) is 2. The molecule has 1 aromatic rings. The molecule has 0 aliphatic carbocycles. The topological polar surface area (TPSA) is 57.6 Å². The fourth-order valence-corrected chi connectivity index (χ4v) is 2.20. The maximum absolute atomic E-state index is 13.1. The molecule has 0 saturated carbocycles. The molecule has 1 atom stereocenters. The van der Waals surface area contributed by atoms with Gasteiger partial charge in [0, 0.05) is 6.54 Å². The average molecular weight is 255 g/mol. The zero-order valence-electron chi connectivity index (χ0n) is 9.40. The second-order valence-electron chi connectivity index (χ2n) is 4.14. The van der Waals surface area contributed by atoms with Gasteiger partial charge in [-0.15, -0.1) is 0 Å². The van der Waals surface area contributed by atoms with Crippen LogP contribution in [0.4, 0.5) is 8.78 Å².